The van der Waals surface area contributed by atoms with Crippen molar-refractivity contribution in [2.24, 2.45) is 0 Å². The van der Waals surface area contributed by atoms with Crippen molar-refractivity contribution in [2.45, 2.75) is 64.9 Å². The smallest absolute Gasteiger partial charge is 0.264 e. The van der Waals surface area contributed by atoms with Gasteiger partial charge in [0.25, 0.3) is 10.0 Å². The molecule has 3 rings (SSSR count). The van der Waals surface area contributed by atoms with Crippen LogP contribution in [0.3, 0.4) is 0 Å². The first-order valence-electron chi connectivity index (χ1n) is 13.4. The largest absolute Gasteiger partial charge is 0.354 e. The van der Waals surface area contributed by atoms with Crippen LogP contribution >= 0.6 is 15.9 Å². The number of carbonyl (C=O) groups is 2. The number of halogens is 1. The summed E-state index contributed by atoms with van der Waals surface area (Å²) in [4.78, 5) is 28.6. The lowest BCUT2D eigenvalue weighted by molar-refractivity contribution is -0.139. The number of carbonyl (C=O) groups excluding carboxylic acids is 2. The number of rotatable bonds is 12. The Labute approximate surface area is 246 Å². The number of sulfonamides is 1. The average Bonchev–Trinajstić information content (AvgIpc) is 2.92. The second kappa shape index (κ2) is 13.9. The van der Waals surface area contributed by atoms with E-state index in [1.807, 2.05) is 64.1 Å². The Balaban J connectivity index is 2.04. The fraction of sp³-hybridized carbons (Fsp3) is 0.355. The molecule has 7 nitrogen and oxygen atoms in total. The molecule has 0 aromatic heterocycles. The summed E-state index contributed by atoms with van der Waals surface area (Å²) in [5.41, 5.74) is 3.77. The van der Waals surface area contributed by atoms with Crippen LogP contribution in [0.4, 0.5) is 5.69 Å². The van der Waals surface area contributed by atoms with Crippen molar-refractivity contribution in [2.75, 3.05) is 17.4 Å². The van der Waals surface area contributed by atoms with Gasteiger partial charge in [-0.2, -0.15) is 0 Å². The van der Waals surface area contributed by atoms with Gasteiger partial charge in [0.1, 0.15) is 12.6 Å². The molecule has 0 fully saturated rings. The number of amides is 2. The highest BCUT2D eigenvalue weighted by Crippen LogP contribution is 2.29. The van der Waals surface area contributed by atoms with E-state index in [0.29, 0.717) is 12.2 Å². The van der Waals surface area contributed by atoms with E-state index in [0.717, 1.165) is 39.6 Å². The molecule has 214 valence electrons. The van der Waals surface area contributed by atoms with Crippen molar-refractivity contribution < 1.29 is 18.0 Å². The summed E-state index contributed by atoms with van der Waals surface area (Å²) >= 11 is 3.43. The van der Waals surface area contributed by atoms with Gasteiger partial charge in [-0.05, 0) is 81.1 Å². The number of nitrogens with zero attached hydrogens (tertiary/aromatic N) is 2. The number of nitrogens with one attached hydrogen (secondary N) is 1. The molecule has 40 heavy (non-hydrogen) atoms. The third-order valence-electron chi connectivity index (χ3n) is 6.78. The Morgan fingerprint density at radius 2 is 1.55 bits per heavy atom. The Morgan fingerprint density at radius 1 is 0.925 bits per heavy atom. The number of unbranched alkanes of at least 4 members (excludes halogenated alkanes) is 1. The van der Waals surface area contributed by atoms with Crippen LogP contribution in [0.2, 0.25) is 0 Å². The van der Waals surface area contributed by atoms with Crippen molar-refractivity contribution in [3.05, 3.63) is 93.5 Å². The zero-order valence-corrected chi connectivity index (χ0v) is 26.2. The van der Waals surface area contributed by atoms with Crippen LogP contribution in [0.25, 0.3) is 0 Å². The normalized spacial score (nSPS) is 12.1. The van der Waals surface area contributed by atoms with E-state index < -0.39 is 28.5 Å². The molecule has 2 amide bonds. The molecule has 0 saturated carbocycles. The predicted octanol–water partition coefficient (Wildman–Crippen LogP) is 5.90. The molecule has 0 aliphatic heterocycles. The quantitative estimate of drug-likeness (QED) is 0.253. The highest BCUT2D eigenvalue weighted by molar-refractivity contribution is 9.10. The first kappa shape index (κ1) is 31.4. The Bertz CT molecular complexity index is 1420. The van der Waals surface area contributed by atoms with Crippen LogP contribution in [0.1, 0.15) is 48.9 Å². The molecule has 0 aliphatic carbocycles. The highest BCUT2D eigenvalue weighted by atomic mass is 79.9. The van der Waals surface area contributed by atoms with E-state index in [4.69, 9.17) is 0 Å². The summed E-state index contributed by atoms with van der Waals surface area (Å²) in [7, 11) is -4.10. The monoisotopic (exact) mass is 627 g/mol. The minimum atomic E-state index is -4.10. The van der Waals surface area contributed by atoms with Crippen LogP contribution in [0.5, 0.6) is 0 Å². The zero-order chi connectivity index (χ0) is 29.4. The van der Waals surface area contributed by atoms with Crippen LogP contribution < -0.4 is 9.62 Å². The molecule has 1 N–H and O–H groups in total. The molecule has 0 saturated heterocycles. The van der Waals surface area contributed by atoms with Crippen molar-refractivity contribution in [1.82, 2.24) is 10.2 Å². The number of anilines is 1. The third-order valence-corrected chi connectivity index (χ3v) is 9.09. The van der Waals surface area contributed by atoms with Crippen LogP contribution in [-0.2, 0) is 26.2 Å². The number of benzene rings is 3. The van der Waals surface area contributed by atoms with E-state index in [2.05, 4.69) is 21.2 Å². The van der Waals surface area contributed by atoms with Crippen molar-refractivity contribution >= 4 is 43.5 Å². The second-order valence-electron chi connectivity index (χ2n) is 10.1. The summed E-state index contributed by atoms with van der Waals surface area (Å²) in [5, 5.41) is 2.90. The lowest BCUT2D eigenvalue weighted by atomic mass is 10.1. The maximum Gasteiger partial charge on any atom is 0.264 e. The second-order valence-corrected chi connectivity index (χ2v) is 12.9. The summed E-state index contributed by atoms with van der Waals surface area (Å²) in [6, 6.07) is 18.8. The summed E-state index contributed by atoms with van der Waals surface area (Å²) in [6.07, 6.45) is 1.76. The fourth-order valence-corrected chi connectivity index (χ4v) is 5.98. The predicted molar refractivity (Wildman–Crippen MR) is 164 cm³/mol. The number of hydrogen-bond acceptors (Lipinski definition) is 4. The molecule has 3 aromatic carbocycles. The van der Waals surface area contributed by atoms with Crippen molar-refractivity contribution in [1.29, 1.82) is 0 Å². The maximum atomic E-state index is 14.0. The van der Waals surface area contributed by atoms with E-state index in [9.17, 15) is 18.0 Å². The van der Waals surface area contributed by atoms with Crippen LogP contribution in [0, 0.1) is 20.8 Å². The van der Waals surface area contributed by atoms with Gasteiger partial charge in [-0.3, -0.25) is 13.9 Å². The molecule has 0 aliphatic rings. The first-order valence-corrected chi connectivity index (χ1v) is 15.7. The molecular formula is C31H38BrN3O4S. The number of hydrogen-bond donors (Lipinski definition) is 1. The van der Waals surface area contributed by atoms with Crippen LogP contribution in [-0.4, -0.2) is 44.3 Å². The topological polar surface area (TPSA) is 86.8 Å². The van der Waals surface area contributed by atoms with Gasteiger partial charge in [0.2, 0.25) is 11.8 Å². The Kier molecular flexibility index (Phi) is 10.9. The molecule has 9 heteroatoms. The summed E-state index contributed by atoms with van der Waals surface area (Å²) in [5.74, 6) is -0.753. The van der Waals surface area contributed by atoms with Gasteiger partial charge in [0.05, 0.1) is 10.6 Å². The van der Waals surface area contributed by atoms with E-state index in [1.54, 1.807) is 37.3 Å². The summed E-state index contributed by atoms with van der Waals surface area (Å²) < 4.78 is 30.1. The fourth-order valence-electron chi connectivity index (χ4n) is 4.24. The number of aryl methyl sites for hydroxylation is 3. The van der Waals surface area contributed by atoms with Gasteiger partial charge in [0, 0.05) is 17.6 Å². The standard InChI is InChI=1S/C31H38BrN3O4S/c1-6-7-18-33-31(37)25(5)34(20-26-12-14-27(32)15-13-26)30(36)21-35(29-19-23(3)8-11-24(29)4)40(38,39)28-16-9-22(2)10-17-28/h8-17,19,25H,6-7,18,20-21H2,1-5H3,(H,33,37). The van der Waals surface area contributed by atoms with Gasteiger partial charge in [-0.25, -0.2) is 8.42 Å². The summed E-state index contributed by atoms with van der Waals surface area (Å²) in [6.45, 7) is 9.50. The van der Waals surface area contributed by atoms with E-state index in [-0.39, 0.29) is 17.3 Å². The first-order chi connectivity index (χ1) is 18.9. The van der Waals surface area contributed by atoms with Crippen molar-refractivity contribution in [3.8, 4) is 0 Å². The molecule has 0 bridgehead atoms. The Hall–Kier alpha value is -3.17. The Morgan fingerprint density at radius 3 is 2.17 bits per heavy atom. The minimum absolute atomic E-state index is 0.0941. The average molecular weight is 629 g/mol. The van der Waals surface area contributed by atoms with Gasteiger partial charge < -0.3 is 10.2 Å². The van der Waals surface area contributed by atoms with Gasteiger partial charge in [-0.1, -0.05) is 71.2 Å². The van der Waals surface area contributed by atoms with E-state index >= 15 is 0 Å². The molecule has 0 radical (unpaired) electrons. The van der Waals surface area contributed by atoms with Crippen LogP contribution in [0.15, 0.2) is 76.1 Å². The molecule has 1 atom stereocenters. The molecule has 0 heterocycles. The maximum absolute atomic E-state index is 14.0. The molecule has 0 spiro atoms. The van der Waals surface area contributed by atoms with Gasteiger partial charge in [-0.15, -0.1) is 0 Å². The van der Waals surface area contributed by atoms with Gasteiger partial charge in [0.15, 0.2) is 0 Å². The molecule has 1 unspecified atom stereocenters. The minimum Gasteiger partial charge on any atom is -0.354 e. The van der Waals surface area contributed by atoms with Gasteiger partial charge >= 0.3 is 0 Å². The lowest BCUT2D eigenvalue weighted by Gasteiger charge is -2.32. The molecule has 3 aromatic rings. The third kappa shape index (κ3) is 7.95. The van der Waals surface area contributed by atoms with Crippen molar-refractivity contribution in [3.63, 3.8) is 0 Å². The SMILES string of the molecule is CCCCNC(=O)C(C)N(Cc1ccc(Br)cc1)C(=O)CN(c1cc(C)ccc1C)S(=O)(=O)c1ccc(C)cc1. The highest BCUT2D eigenvalue weighted by Gasteiger charge is 2.33. The molecular weight excluding hydrogens is 590 g/mol. The van der Waals surface area contributed by atoms with E-state index in [1.165, 1.54) is 9.21 Å². The zero-order valence-electron chi connectivity index (χ0n) is 23.8. The lowest BCUT2D eigenvalue weighted by Crippen LogP contribution is -2.51.